The van der Waals surface area contributed by atoms with E-state index in [-0.39, 0.29) is 11.7 Å². The second-order valence-electron chi connectivity index (χ2n) is 2.44. The minimum atomic E-state index is -4.22. The zero-order valence-electron chi connectivity index (χ0n) is 5.42. The monoisotopic (exact) mass is 184 g/mol. The van der Waals surface area contributed by atoms with Gasteiger partial charge >= 0.3 is 10.2 Å². The average molecular weight is 184 g/mol. The third-order valence-electron chi connectivity index (χ3n) is 1.46. The van der Waals surface area contributed by atoms with Crippen LogP contribution in [-0.4, -0.2) is 25.7 Å². The van der Waals surface area contributed by atoms with Gasteiger partial charge in [-0.15, -0.1) is 3.89 Å². The van der Waals surface area contributed by atoms with Gasteiger partial charge in [0.25, 0.3) is 0 Å². The molecule has 1 atom stereocenters. The van der Waals surface area contributed by atoms with Gasteiger partial charge < -0.3 is 0 Å². The van der Waals surface area contributed by atoms with E-state index in [2.05, 4.69) is 0 Å². The van der Waals surface area contributed by atoms with Gasteiger partial charge in [-0.1, -0.05) is 0 Å². The molecule has 10 heavy (non-hydrogen) atoms. The van der Waals surface area contributed by atoms with Crippen molar-refractivity contribution in [1.29, 1.82) is 0 Å². The summed E-state index contributed by atoms with van der Waals surface area (Å²) in [7, 11) is -4.22. The largest absolute Gasteiger partial charge is 0.302 e. The molecule has 0 aromatic rings. The molecule has 0 radical (unpaired) electrons. The SMILES string of the molecule is O=S(=O)(F)CC1CCSC1. The first-order valence-electron chi connectivity index (χ1n) is 3.08. The molecule has 1 fully saturated rings. The minimum absolute atomic E-state index is 0.0556. The molecule has 60 valence electrons. The molecule has 0 N–H and O–H groups in total. The van der Waals surface area contributed by atoms with Gasteiger partial charge in [0, 0.05) is 0 Å². The molecular weight excluding hydrogens is 175 g/mol. The van der Waals surface area contributed by atoms with Gasteiger partial charge in [-0.05, 0) is 23.8 Å². The Kier molecular flexibility index (Phi) is 2.57. The van der Waals surface area contributed by atoms with E-state index < -0.39 is 10.2 Å². The highest BCUT2D eigenvalue weighted by Gasteiger charge is 2.21. The van der Waals surface area contributed by atoms with Crippen molar-refractivity contribution in [3.05, 3.63) is 0 Å². The Hall–Kier alpha value is 0.230. The van der Waals surface area contributed by atoms with Crippen LogP contribution in [0.3, 0.4) is 0 Å². The molecule has 1 unspecified atom stereocenters. The quantitative estimate of drug-likeness (QED) is 0.601. The van der Waals surface area contributed by atoms with E-state index >= 15 is 0 Å². The highest BCUT2D eigenvalue weighted by molar-refractivity contribution is 7.99. The predicted octanol–water partition coefficient (Wildman–Crippen LogP) is 1.04. The first-order chi connectivity index (χ1) is 4.58. The summed E-state index contributed by atoms with van der Waals surface area (Å²) in [5.74, 6) is 1.54. The van der Waals surface area contributed by atoms with Crippen molar-refractivity contribution >= 4 is 22.0 Å². The van der Waals surface area contributed by atoms with Crippen molar-refractivity contribution in [1.82, 2.24) is 0 Å². The molecule has 0 aromatic heterocycles. The van der Waals surface area contributed by atoms with Gasteiger partial charge in [0.05, 0.1) is 5.75 Å². The minimum Gasteiger partial charge on any atom is -0.195 e. The average Bonchev–Trinajstić information content (AvgIpc) is 2.12. The van der Waals surface area contributed by atoms with E-state index in [1.54, 1.807) is 11.8 Å². The van der Waals surface area contributed by atoms with E-state index in [1.807, 2.05) is 0 Å². The molecular formula is C5H9FO2S2. The standard InChI is InChI=1S/C5H9FO2S2/c6-10(7,8)4-5-1-2-9-3-5/h5H,1-4H2. The summed E-state index contributed by atoms with van der Waals surface area (Å²) in [6.07, 6.45) is 0.841. The van der Waals surface area contributed by atoms with Crippen LogP contribution >= 0.6 is 11.8 Å². The van der Waals surface area contributed by atoms with Gasteiger partial charge in [0.2, 0.25) is 0 Å². The maximum Gasteiger partial charge on any atom is 0.302 e. The molecule has 0 aliphatic carbocycles. The molecule has 5 heteroatoms. The van der Waals surface area contributed by atoms with E-state index in [4.69, 9.17) is 0 Å². The van der Waals surface area contributed by atoms with Crippen molar-refractivity contribution in [3.63, 3.8) is 0 Å². The fourth-order valence-electron chi connectivity index (χ4n) is 0.996. The topological polar surface area (TPSA) is 34.1 Å². The van der Waals surface area contributed by atoms with Crippen molar-refractivity contribution in [3.8, 4) is 0 Å². The molecule has 2 nitrogen and oxygen atoms in total. The van der Waals surface area contributed by atoms with Crippen molar-refractivity contribution in [2.24, 2.45) is 5.92 Å². The Labute approximate surface area is 64.4 Å². The number of halogens is 1. The third-order valence-corrected chi connectivity index (χ3v) is 3.56. The van der Waals surface area contributed by atoms with Crippen LogP contribution in [0.4, 0.5) is 3.89 Å². The van der Waals surface area contributed by atoms with E-state index in [1.165, 1.54) is 0 Å². The zero-order chi connectivity index (χ0) is 7.61. The molecule has 0 bridgehead atoms. The molecule has 1 heterocycles. The second kappa shape index (κ2) is 3.09. The summed E-state index contributed by atoms with van der Waals surface area (Å²) in [4.78, 5) is 0. The number of rotatable bonds is 2. The van der Waals surface area contributed by atoms with Crippen LogP contribution in [0.5, 0.6) is 0 Å². The summed E-state index contributed by atoms with van der Waals surface area (Å²) in [6, 6.07) is 0. The molecule has 1 rings (SSSR count). The Balaban J connectivity index is 2.38. The van der Waals surface area contributed by atoms with Crippen molar-refractivity contribution in [2.45, 2.75) is 6.42 Å². The maximum atomic E-state index is 12.0. The molecule has 1 aliphatic rings. The summed E-state index contributed by atoms with van der Waals surface area (Å²) in [5, 5.41) is 0. The van der Waals surface area contributed by atoms with Crippen molar-refractivity contribution < 1.29 is 12.3 Å². The summed E-state index contributed by atoms with van der Waals surface area (Å²) < 4.78 is 32.2. The smallest absolute Gasteiger partial charge is 0.195 e. The Bertz CT molecular complexity index is 194. The van der Waals surface area contributed by atoms with Crippen LogP contribution < -0.4 is 0 Å². The fourth-order valence-corrected chi connectivity index (χ4v) is 3.28. The van der Waals surface area contributed by atoms with Gasteiger partial charge in [-0.25, -0.2) is 0 Å². The highest BCUT2D eigenvalue weighted by atomic mass is 32.3. The van der Waals surface area contributed by atoms with E-state index in [0.29, 0.717) is 0 Å². The van der Waals surface area contributed by atoms with Gasteiger partial charge in [-0.2, -0.15) is 20.2 Å². The number of hydrogen-bond acceptors (Lipinski definition) is 3. The Morgan fingerprint density at radius 3 is 2.70 bits per heavy atom. The molecule has 0 aromatic carbocycles. The summed E-state index contributed by atoms with van der Waals surface area (Å²) >= 11 is 1.69. The van der Waals surface area contributed by atoms with Gasteiger partial charge in [-0.3, -0.25) is 0 Å². The van der Waals surface area contributed by atoms with E-state index in [0.717, 1.165) is 17.9 Å². The van der Waals surface area contributed by atoms with Gasteiger partial charge in [0.1, 0.15) is 0 Å². The first-order valence-corrected chi connectivity index (χ1v) is 5.79. The molecule has 1 saturated heterocycles. The van der Waals surface area contributed by atoms with Crippen LogP contribution in [0.2, 0.25) is 0 Å². The molecule has 0 amide bonds. The van der Waals surface area contributed by atoms with E-state index in [9.17, 15) is 12.3 Å². The van der Waals surface area contributed by atoms with Crippen LogP contribution in [-0.2, 0) is 10.2 Å². The van der Waals surface area contributed by atoms with Crippen LogP contribution in [0.1, 0.15) is 6.42 Å². The molecule has 0 saturated carbocycles. The highest BCUT2D eigenvalue weighted by Crippen LogP contribution is 2.24. The maximum absolute atomic E-state index is 12.0. The second-order valence-corrected chi connectivity index (χ2v) is 5.00. The Morgan fingerprint density at radius 1 is 1.60 bits per heavy atom. The third kappa shape index (κ3) is 2.88. The Morgan fingerprint density at radius 2 is 2.30 bits per heavy atom. The zero-order valence-corrected chi connectivity index (χ0v) is 7.05. The molecule has 1 aliphatic heterocycles. The number of hydrogen-bond donors (Lipinski definition) is 0. The summed E-state index contributed by atoms with van der Waals surface area (Å²) in [6.45, 7) is 0. The van der Waals surface area contributed by atoms with Crippen molar-refractivity contribution in [2.75, 3.05) is 17.3 Å². The number of thioether (sulfide) groups is 1. The van der Waals surface area contributed by atoms with Crippen LogP contribution in [0.25, 0.3) is 0 Å². The van der Waals surface area contributed by atoms with Gasteiger partial charge in [0.15, 0.2) is 0 Å². The molecule has 0 spiro atoms. The normalized spacial score (nSPS) is 27.1. The lowest BCUT2D eigenvalue weighted by Crippen LogP contribution is -2.11. The lowest BCUT2D eigenvalue weighted by atomic mass is 10.2. The predicted molar refractivity (Wildman–Crippen MR) is 40.3 cm³/mol. The van der Waals surface area contributed by atoms with Crippen LogP contribution in [0.15, 0.2) is 0 Å². The summed E-state index contributed by atoms with van der Waals surface area (Å²) in [5.41, 5.74) is 0. The van der Waals surface area contributed by atoms with Crippen LogP contribution in [0, 0.1) is 5.92 Å². The first kappa shape index (κ1) is 8.33. The lowest BCUT2D eigenvalue weighted by molar-refractivity contribution is 0.533. The fraction of sp³-hybridized carbons (Fsp3) is 1.00. The lowest BCUT2D eigenvalue weighted by Gasteiger charge is -2.01.